The van der Waals surface area contributed by atoms with Crippen molar-refractivity contribution in [1.29, 1.82) is 0 Å². The summed E-state index contributed by atoms with van der Waals surface area (Å²) in [5, 5.41) is 1.76. The Morgan fingerprint density at radius 1 is 1.12 bits per heavy atom. The predicted octanol–water partition coefficient (Wildman–Crippen LogP) is 2.91. The molecule has 0 heterocycles. The molecule has 0 aliphatic heterocycles. The Morgan fingerprint density at radius 2 is 1.62 bits per heavy atom. The van der Waals surface area contributed by atoms with E-state index in [2.05, 4.69) is 0 Å². The molecule has 0 fully saturated rings. The van der Waals surface area contributed by atoms with Gasteiger partial charge < -0.3 is 5.32 Å². The van der Waals surface area contributed by atoms with Crippen LogP contribution in [0, 0.1) is 0 Å². The van der Waals surface area contributed by atoms with Crippen LogP contribution in [0.15, 0.2) is 24.3 Å². The first-order chi connectivity index (χ1) is 7.30. The maximum atomic E-state index is 12.1. The van der Waals surface area contributed by atoms with Gasteiger partial charge in [-0.25, -0.2) is 0 Å². The summed E-state index contributed by atoms with van der Waals surface area (Å²) >= 11 is 0. The van der Waals surface area contributed by atoms with Crippen molar-refractivity contribution in [2.24, 2.45) is 0 Å². The topological polar surface area (TPSA) is 29.1 Å². The smallest absolute Gasteiger partial charge is 0.321 e. The molecule has 1 aromatic carbocycles. The zero-order valence-electron chi connectivity index (χ0n) is 7.68. The Labute approximate surface area is 87.1 Å². The highest BCUT2D eigenvalue weighted by Crippen LogP contribution is 2.29. The zero-order chi connectivity index (χ0) is 12.3. The van der Waals surface area contributed by atoms with Gasteiger partial charge in [-0.2, -0.15) is 22.0 Å². The van der Waals surface area contributed by atoms with Crippen LogP contribution in [0.25, 0.3) is 0 Å². The van der Waals surface area contributed by atoms with Crippen molar-refractivity contribution >= 4 is 11.6 Å². The van der Waals surface area contributed by atoms with Crippen LogP contribution < -0.4 is 5.32 Å². The van der Waals surface area contributed by atoms with E-state index in [0.717, 1.165) is 12.1 Å². The minimum absolute atomic E-state index is 0.113. The van der Waals surface area contributed by atoms with Crippen LogP contribution in [-0.2, 0) is 11.0 Å². The summed E-state index contributed by atoms with van der Waals surface area (Å²) < 4.78 is 59.9. The maximum absolute atomic E-state index is 12.1. The molecule has 0 aromatic heterocycles. The third kappa shape index (κ3) is 3.18. The molecule has 88 valence electrons. The zero-order valence-corrected chi connectivity index (χ0v) is 7.68. The van der Waals surface area contributed by atoms with Crippen molar-refractivity contribution < 1.29 is 26.7 Å². The highest BCUT2D eigenvalue weighted by Gasteiger charge is 2.30. The molecule has 2 nitrogen and oxygen atoms in total. The maximum Gasteiger partial charge on any atom is 0.416 e. The van der Waals surface area contributed by atoms with E-state index in [-0.39, 0.29) is 5.69 Å². The Balaban J connectivity index is 2.76. The first kappa shape index (κ1) is 12.4. The number of nitrogens with one attached hydrogen (secondary N) is 1. The highest BCUT2D eigenvalue weighted by molar-refractivity contribution is 5.93. The molecule has 0 spiro atoms. The van der Waals surface area contributed by atoms with E-state index in [1.165, 1.54) is 0 Å². The fourth-order valence-electron chi connectivity index (χ4n) is 0.939. The van der Waals surface area contributed by atoms with Gasteiger partial charge in [-0.05, 0) is 24.3 Å². The number of amides is 1. The molecule has 0 saturated heterocycles. The van der Waals surface area contributed by atoms with Gasteiger partial charge in [0.25, 0.3) is 5.91 Å². The first-order valence-corrected chi connectivity index (χ1v) is 4.07. The molecule has 1 amide bonds. The second kappa shape index (κ2) is 4.46. The summed E-state index contributed by atoms with van der Waals surface area (Å²) in [7, 11) is 0. The van der Waals surface area contributed by atoms with E-state index in [4.69, 9.17) is 0 Å². The molecular formula is C9H6F5NO. The van der Waals surface area contributed by atoms with Gasteiger partial charge in [-0.3, -0.25) is 4.79 Å². The van der Waals surface area contributed by atoms with Gasteiger partial charge in [0, 0.05) is 5.69 Å². The molecule has 0 bridgehead atoms. The van der Waals surface area contributed by atoms with Crippen LogP contribution in [0.4, 0.5) is 27.6 Å². The number of hydrogen-bond donors (Lipinski definition) is 1. The van der Waals surface area contributed by atoms with Crippen molar-refractivity contribution in [3.63, 3.8) is 0 Å². The lowest BCUT2D eigenvalue weighted by Crippen LogP contribution is -2.20. The minimum Gasteiger partial charge on any atom is -0.321 e. The molecule has 0 atom stereocenters. The van der Waals surface area contributed by atoms with Crippen LogP contribution in [0.5, 0.6) is 0 Å². The molecule has 0 aliphatic rings. The molecule has 1 aromatic rings. The van der Waals surface area contributed by atoms with Gasteiger partial charge in [0.2, 0.25) is 0 Å². The number of rotatable bonds is 2. The van der Waals surface area contributed by atoms with Crippen LogP contribution >= 0.6 is 0 Å². The van der Waals surface area contributed by atoms with Crippen molar-refractivity contribution in [1.82, 2.24) is 0 Å². The lowest BCUT2D eigenvalue weighted by molar-refractivity contribution is -0.137. The van der Waals surface area contributed by atoms with Gasteiger partial charge in [0.05, 0.1) is 5.56 Å². The largest absolute Gasteiger partial charge is 0.416 e. The fourth-order valence-corrected chi connectivity index (χ4v) is 0.939. The van der Waals surface area contributed by atoms with E-state index in [0.29, 0.717) is 12.1 Å². The third-order valence-corrected chi connectivity index (χ3v) is 1.68. The van der Waals surface area contributed by atoms with Crippen LogP contribution in [0.1, 0.15) is 5.56 Å². The molecule has 0 aliphatic carbocycles. The van der Waals surface area contributed by atoms with Crippen LogP contribution in [0.2, 0.25) is 0 Å². The second-order valence-electron chi connectivity index (χ2n) is 2.87. The van der Waals surface area contributed by atoms with Crippen molar-refractivity contribution in [3.05, 3.63) is 29.8 Å². The summed E-state index contributed by atoms with van der Waals surface area (Å²) in [4.78, 5) is 10.5. The van der Waals surface area contributed by atoms with Crippen molar-refractivity contribution in [2.75, 3.05) is 5.32 Å². The average Bonchev–Trinajstić information content (AvgIpc) is 2.17. The van der Waals surface area contributed by atoms with E-state index in [9.17, 15) is 26.7 Å². The summed E-state index contributed by atoms with van der Waals surface area (Å²) in [5.74, 6) is -1.56. The number of hydrogen-bond acceptors (Lipinski definition) is 1. The van der Waals surface area contributed by atoms with Crippen molar-refractivity contribution in [3.8, 4) is 0 Å². The summed E-state index contributed by atoms with van der Waals surface area (Å²) in [6.45, 7) is 0. The van der Waals surface area contributed by atoms with Crippen molar-refractivity contribution in [2.45, 2.75) is 12.6 Å². The number of anilines is 1. The lowest BCUT2D eigenvalue weighted by Gasteiger charge is -2.08. The normalized spacial score (nSPS) is 11.6. The predicted molar refractivity (Wildman–Crippen MR) is 46.1 cm³/mol. The van der Waals surface area contributed by atoms with Gasteiger partial charge in [0.15, 0.2) is 0 Å². The standard InChI is InChI=1S/C9H6F5NO/c10-7(11)8(16)15-6-3-1-5(2-4-6)9(12,13)14/h1-4,7H,(H,15,16). The molecule has 7 heteroatoms. The number of benzene rings is 1. The van der Waals surface area contributed by atoms with E-state index >= 15 is 0 Å². The highest BCUT2D eigenvalue weighted by atomic mass is 19.4. The fraction of sp³-hybridized carbons (Fsp3) is 0.222. The third-order valence-electron chi connectivity index (χ3n) is 1.68. The number of carbonyl (C=O) groups excluding carboxylic acids is 1. The molecule has 0 radical (unpaired) electrons. The van der Waals surface area contributed by atoms with Gasteiger partial charge >= 0.3 is 12.6 Å². The molecular weight excluding hydrogens is 233 g/mol. The van der Waals surface area contributed by atoms with E-state index in [1.807, 2.05) is 0 Å². The Kier molecular flexibility index (Phi) is 3.46. The average molecular weight is 239 g/mol. The lowest BCUT2D eigenvalue weighted by atomic mass is 10.2. The monoisotopic (exact) mass is 239 g/mol. The number of halogens is 5. The second-order valence-corrected chi connectivity index (χ2v) is 2.87. The summed E-state index contributed by atoms with van der Waals surface area (Å²) in [5.41, 5.74) is -1.03. The molecule has 16 heavy (non-hydrogen) atoms. The van der Waals surface area contributed by atoms with Crippen LogP contribution in [-0.4, -0.2) is 12.3 Å². The quantitative estimate of drug-likeness (QED) is 0.790. The summed E-state index contributed by atoms with van der Waals surface area (Å²) in [6, 6.07) is 3.20. The van der Waals surface area contributed by atoms with Crippen LogP contribution in [0.3, 0.4) is 0 Å². The number of carbonyl (C=O) groups is 1. The minimum atomic E-state index is -4.49. The molecule has 1 N–H and O–H groups in total. The van der Waals surface area contributed by atoms with Gasteiger partial charge in [0.1, 0.15) is 0 Å². The summed E-state index contributed by atoms with van der Waals surface area (Å²) in [6.07, 6.45) is -7.70. The van der Waals surface area contributed by atoms with E-state index < -0.39 is 24.1 Å². The Morgan fingerprint density at radius 3 is 2.00 bits per heavy atom. The first-order valence-electron chi connectivity index (χ1n) is 4.07. The Bertz CT molecular complexity index is 370. The van der Waals surface area contributed by atoms with Gasteiger partial charge in [-0.15, -0.1) is 0 Å². The molecule has 0 saturated carbocycles. The molecule has 1 rings (SSSR count). The SMILES string of the molecule is O=C(Nc1ccc(C(F)(F)F)cc1)C(F)F. The van der Waals surface area contributed by atoms with Gasteiger partial charge in [-0.1, -0.05) is 0 Å². The van der Waals surface area contributed by atoms with E-state index in [1.54, 1.807) is 5.32 Å². The number of alkyl halides is 5. The molecule has 0 unspecified atom stereocenters. The Hall–Kier alpha value is -1.66.